The Morgan fingerprint density at radius 2 is 2.25 bits per heavy atom. The first kappa shape index (κ1) is 19.3. The Labute approximate surface area is 165 Å². The third-order valence-electron chi connectivity index (χ3n) is 4.15. The number of benzene rings is 1. The van der Waals surface area contributed by atoms with E-state index in [1.165, 1.54) is 36.6 Å². The third kappa shape index (κ3) is 3.37. The number of nitro groups is 1. The number of rotatable bonds is 6. The summed E-state index contributed by atoms with van der Waals surface area (Å²) in [4.78, 5) is 12.0. The molecule has 0 bridgehead atoms. The number of nitriles is 1. The molecule has 144 valence electrons. The first-order valence-electron chi connectivity index (χ1n) is 8.39. The molecule has 0 saturated heterocycles. The SMILES string of the molecule is CCOc1cc(C2C(C#N)=C(c3cccs3)OC(NC)=C2[N+](=O)[O-])ccc1O. The first-order chi connectivity index (χ1) is 13.5. The molecule has 9 heteroatoms. The van der Waals surface area contributed by atoms with Gasteiger partial charge in [0, 0.05) is 7.05 Å². The van der Waals surface area contributed by atoms with E-state index in [-0.39, 0.29) is 34.4 Å². The summed E-state index contributed by atoms with van der Waals surface area (Å²) in [5.41, 5.74) is 0.267. The molecule has 1 aliphatic heterocycles. The van der Waals surface area contributed by atoms with E-state index in [4.69, 9.17) is 9.47 Å². The number of ether oxygens (including phenoxy) is 2. The van der Waals surface area contributed by atoms with Gasteiger partial charge in [-0.3, -0.25) is 10.1 Å². The fraction of sp³-hybridized carbons (Fsp3) is 0.211. The van der Waals surface area contributed by atoms with Crippen LogP contribution in [0.4, 0.5) is 0 Å². The maximum Gasteiger partial charge on any atom is 0.318 e. The van der Waals surface area contributed by atoms with E-state index < -0.39 is 10.8 Å². The van der Waals surface area contributed by atoms with Gasteiger partial charge in [-0.15, -0.1) is 11.3 Å². The molecule has 0 amide bonds. The Kier molecular flexibility index (Phi) is 5.52. The average molecular weight is 399 g/mol. The molecular weight excluding hydrogens is 382 g/mol. The Morgan fingerprint density at radius 3 is 2.82 bits per heavy atom. The van der Waals surface area contributed by atoms with Crippen LogP contribution in [0.3, 0.4) is 0 Å². The number of nitrogens with zero attached hydrogens (tertiary/aromatic N) is 2. The molecule has 0 saturated carbocycles. The van der Waals surface area contributed by atoms with Crippen LogP contribution in [0.2, 0.25) is 0 Å². The standard InChI is InChI=1S/C19H17N3O5S/c1-3-26-14-9-11(6-7-13(14)23)16-12(10-20)18(15-5-4-8-28-15)27-19(21-2)17(16)22(24)25/h4-9,16,21,23H,3H2,1-2H3. The van der Waals surface area contributed by atoms with Crippen molar-refractivity contribution in [3.05, 3.63) is 73.4 Å². The van der Waals surface area contributed by atoms with Crippen molar-refractivity contribution in [2.45, 2.75) is 12.8 Å². The number of aromatic hydroxyl groups is 1. The van der Waals surface area contributed by atoms with Crippen LogP contribution in [-0.2, 0) is 4.74 Å². The second kappa shape index (κ2) is 8.02. The first-order valence-corrected chi connectivity index (χ1v) is 9.27. The molecule has 3 rings (SSSR count). The predicted octanol–water partition coefficient (Wildman–Crippen LogP) is 3.57. The molecule has 2 N–H and O–H groups in total. The third-order valence-corrected chi connectivity index (χ3v) is 5.02. The molecule has 1 unspecified atom stereocenters. The highest BCUT2D eigenvalue weighted by Gasteiger charge is 2.42. The lowest BCUT2D eigenvalue weighted by Gasteiger charge is -2.25. The van der Waals surface area contributed by atoms with Crippen LogP contribution in [0.15, 0.2) is 52.9 Å². The van der Waals surface area contributed by atoms with Gasteiger partial charge in [0.1, 0.15) is 5.92 Å². The average Bonchev–Trinajstić information content (AvgIpc) is 3.22. The topological polar surface area (TPSA) is 118 Å². The van der Waals surface area contributed by atoms with E-state index in [1.54, 1.807) is 19.1 Å². The second-order valence-electron chi connectivity index (χ2n) is 5.75. The fourth-order valence-corrected chi connectivity index (χ4v) is 3.71. The zero-order chi connectivity index (χ0) is 20.3. The van der Waals surface area contributed by atoms with Crippen molar-refractivity contribution in [2.75, 3.05) is 13.7 Å². The molecule has 1 atom stereocenters. The van der Waals surface area contributed by atoms with E-state index in [0.29, 0.717) is 17.0 Å². The van der Waals surface area contributed by atoms with Crippen molar-refractivity contribution in [1.29, 1.82) is 5.26 Å². The maximum atomic E-state index is 11.9. The van der Waals surface area contributed by atoms with Crippen molar-refractivity contribution in [1.82, 2.24) is 5.32 Å². The van der Waals surface area contributed by atoms with Crippen molar-refractivity contribution in [3.8, 4) is 17.6 Å². The van der Waals surface area contributed by atoms with Crippen LogP contribution in [-0.4, -0.2) is 23.7 Å². The van der Waals surface area contributed by atoms with Crippen molar-refractivity contribution < 1.29 is 19.5 Å². The molecule has 8 nitrogen and oxygen atoms in total. The van der Waals surface area contributed by atoms with Crippen molar-refractivity contribution in [3.63, 3.8) is 0 Å². The highest BCUT2D eigenvalue weighted by Crippen LogP contribution is 2.45. The van der Waals surface area contributed by atoms with Gasteiger partial charge < -0.3 is 19.9 Å². The number of phenols is 1. The van der Waals surface area contributed by atoms with Crippen LogP contribution in [0.1, 0.15) is 23.3 Å². The molecule has 0 radical (unpaired) electrons. The zero-order valence-corrected chi connectivity index (χ0v) is 15.9. The summed E-state index contributed by atoms with van der Waals surface area (Å²) in [5.74, 6) is -0.658. The largest absolute Gasteiger partial charge is 0.504 e. The number of phenolic OH excluding ortho intramolecular Hbond substituents is 1. The normalized spacial score (nSPS) is 16.4. The minimum atomic E-state index is -0.992. The van der Waals surface area contributed by atoms with Crippen LogP contribution >= 0.6 is 11.3 Å². The number of nitrogens with one attached hydrogen (secondary N) is 1. The minimum absolute atomic E-state index is 0.0385. The summed E-state index contributed by atoms with van der Waals surface area (Å²) in [6.45, 7) is 2.07. The van der Waals surface area contributed by atoms with Gasteiger partial charge in [-0.25, -0.2) is 0 Å². The van der Waals surface area contributed by atoms with Gasteiger partial charge in [0.15, 0.2) is 17.3 Å². The van der Waals surface area contributed by atoms with Gasteiger partial charge in [-0.05, 0) is 36.1 Å². The Morgan fingerprint density at radius 1 is 1.46 bits per heavy atom. The predicted molar refractivity (Wildman–Crippen MR) is 103 cm³/mol. The van der Waals surface area contributed by atoms with Gasteiger partial charge in [0.2, 0.25) is 0 Å². The Balaban J connectivity index is 2.26. The minimum Gasteiger partial charge on any atom is -0.504 e. The van der Waals surface area contributed by atoms with Crippen LogP contribution in [0.25, 0.3) is 5.76 Å². The number of thiophene rings is 1. The Bertz CT molecular complexity index is 1010. The van der Waals surface area contributed by atoms with Gasteiger partial charge in [-0.1, -0.05) is 12.1 Å². The summed E-state index contributed by atoms with van der Waals surface area (Å²) < 4.78 is 11.1. The highest BCUT2D eigenvalue weighted by molar-refractivity contribution is 7.11. The monoisotopic (exact) mass is 399 g/mol. The Hall–Kier alpha value is -3.51. The van der Waals surface area contributed by atoms with E-state index in [9.17, 15) is 20.5 Å². The lowest BCUT2D eigenvalue weighted by Crippen LogP contribution is -2.26. The smallest absolute Gasteiger partial charge is 0.318 e. The summed E-state index contributed by atoms with van der Waals surface area (Å²) in [6, 6.07) is 10.1. The lowest BCUT2D eigenvalue weighted by molar-refractivity contribution is -0.433. The summed E-state index contributed by atoms with van der Waals surface area (Å²) >= 11 is 1.36. The summed E-state index contributed by atoms with van der Waals surface area (Å²) in [6.07, 6.45) is 0. The number of hydrogen-bond acceptors (Lipinski definition) is 8. The lowest BCUT2D eigenvalue weighted by atomic mass is 9.86. The quantitative estimate of drug-likeness (QED) is 0.563. The molecule has 1 aromatic heterocycles. The molecule has 1 aliphatic rings. The fourth-order valence-electron chi connectivity index (χ4n) is 2.99. The molecule has 0 aliphatic carbocycles. The van der Waals surface area contributed by atoms with Crippen LogP contribution < -0.4 is 10.1 Å². The van der Waals surface area contributed by atoms with Gasteiger partial charge in [0.05, 0.1) is 28.0 Å². The maximum absolute atomic E-state index is 11.9. The molecule has 0 spiro atoms. The zero-order valence-electron chi connectivity index (χ0n) is 15.1. The summed E-state index contributed by atoms with van der Waals surface area (Å²) in [7, 11) is 1.52. The van der Waals surface area contributed by atoms with E-state index in [1.807, 2.05) is 5.38 Å². The van der Waals surface area contributed by atoms with Crippen LogP contribution in [0, 0.1) is 21.4 Å². The van der Waals surface area contributed by atoms with Gasteiger partial charge in [0.25, 0.3) is 5.88 Å². The number of hydrogen-bond donors (Lipinski definition) is 2. The van der Waals surface area contributed by atoms with E-state index >= 15 is 0 Å². The molecule has 1 aromatic carbocycles. The van der Waals surface area contributed by atoms with Gasteiger partial charge in [-0.2, -0.15) is 5.26 Å². The van der Waals surface area contributed by atoms with Crippen molar-refractivity contribution in [2.24, 2.45) is 0 Å². The van der Waals surface area contributed by atoms with Crippen molar-refractivity contribution >= 4 is 17.1 Å². The molecular formula is C19H17N3O5S. The van der Waals surface area contributed by atoms with Crippen LogP contribution in [0.5, 0.6) is 11.5 Å². The number of allylic oxidation sites excluding steroid dienone is 1. The molecule has 2 aromatic rings. The second-order valence-corrected chi connectivity index (χ2v) is 6.70. The van der Waals surface area contributed by atoms with E-state index in [0.717, 1.165) is 0 Å². The van der Waals surface area contributed by atoms with E-state index in [2.05, 4.69) is 11.4 Å². The molecule has 2 heterocycles. The highest BCUT2D eigenvalue weighted by atomic mass is 32.1. The molecule has 0 fully saturated rings. The van der Waals surface area contributed by atoms with Gasteiger partial charge >= 0.3 is 5.70 Å². The molecule has 28 heavy (non-hydrogen) atoms. The summed E-state index contributed by atoms with van der Waals surface area (Å²) in [5, 5.41) is 36.2.